The van der Waals surface area contributed by atoms with E-state index in [-0.39, 0.29) is 5.60 Å². The van der Waals surface area contributed by atoms with E-state index in [4.69, 9.17) is 9.47 Å². The summed E-state index contributed by atoms with van der Waals surface area (Å²) in [4.78, 5) is 2.35. The molecule has 4 heteroatoms. The molecule has 0 aromatic rings. The van der Waals surface area contributed by atoms with Gasteiger partial charge < -0.3 is 14.6 Å². The van der Waals surface area contributed by atoms with Gasteiger partial charge in [0.15, 0.2) is 0 Å². The van der Waals surface area contributed by atoms with Crippen molar-refractivity contribution in [3.05, 3.63) is 0 Å². The van der Waals surface area contributed by atoms with Crippen molar-refractivity contribution in [2.75, 3.05) is 32.9 Å². The Labute approximate surface area is 118 Å². The second-order valence-corrected chi connectivity index (χ2v) is 6.93. The van der Waals surface area contributed by atoms with Gasteiger partial charge in [-0.3, -0.25) is 4.90 Å². The minimum Gasteiger partial charge on any atom is -0.389 e. The molecular formula is C15H31NO3. The molecule has 0 spiro atoms. The average Bonchev–Trinajstić information content (AvgIpc) is 2.27. The number of hydrogen-bond acceptors (Lipinski definition) is 4. The van der Waals surface area contributed by atoms with Crippen LogP contribution in [-0.2, 0) is 9.47 Å². The van der Waals surface area contributed by atoms with Crippen LogP contribution < -0.4 is 0 Å². The number of hydrogen-bond donors (Lipinski definition) is 1. The monoisotopic (exact) mass is 273 g/mol. The van der Waals surface area contributed by atoms with Gasteiger partial charge in [0.2, 0.25) is 0 Å². The Morgan fingerprint density at radius 3 is 2.63 bits per heavy atom. The third-order valence-corrected chi connectivity index (χ3v) is 3.25. The number of aliphatic hydroxyl groups excluding tert-OH is 1. The minimum atomic E-state index is -0.424. The van der Waals surface area contributed by atoms with Gasteiger partial charge in [-0.2, -0.15) is 0 Å². The molecule has 0 aliphatic carbocycles. The summed E-state index contributed by atoms with van der Waals surface area (Å²) in [7, 11) is 0. The predicted octanol–water partition coefficient (Wildman–Crippen LogP) is 1.91. The van der Waals surface area contributed by atoms with Gasteiger partial charge in [0.1, 0.15) is 0 Å². The summed E-state index contributed by atoms with van der Waals surface area (Å²) in [5.41, 5.74) is -0.191. The van der Waals surface area contributed by atoms with Crippen LogP contribution in [0.15, 0.2) is 0 Å². The molecule has 1 saturated heterocycles. The van der Waals surface area contributed by atoms with Crippen molar-refractivity contribution >= 4 is 0 Å². The molecule has 1 rings (SSSR count). The van der Waals surface area contributed by atoms with E-state index >= 15 is 0 Å². The molecule has 0 bridgehead atoms. The van der Waals surface area contributed by atoms with Crippen LogP contribution in [-0.4, -0.2) is 60.7 Å². The Morgan fingerprint density at radius 1 is 1.37 bits per heavy atom. The standard InChI is InChI=1S/C15H31NO3/c1-12(2)8-13-10-18-7-6-16(13)9-14(17)11-19-15(3,4)5/h12-14,17H,6-11H2,1-5H3. The number of rotatable bonds is 6. The van der Waals surface area contributed by atoms with Crippen molar-refractivity contribution in [3.63, 3.8) is 0 Å². The molecule has 0 amide bonds. The van der Waals surface area contributed by atoms with Crippen molar-refractivity contribution in [3.8, 4) is 0 Å². The lowest BCUT2D eigenvalue weighted by Crippen LogP contribution is -2.49. The third-order valence-electron chi connectivity index (χ3n) is 3.25. The van der Waals surface area contributed by atoms with E-state index in [9.17, 15) is 5.11 Å². The fraction of sp³-hybridized carbons (Fsp3) is 1.00. The highest BCUT2D eigenvalue weighted by atomic mass is 16.5. The Morgan fingerprint density at radius 2 is 2.05 bits per heavy atom. The first-order valence-corrected chi connectivity index (χ1v) is 7.41. The van der Waals surface area contributed by atoms with Gasteiger partial charge in [-0.05, 0) is 33.1 Å². The van der Waals surface area contributed by atoms with Crippen LogP contribution in [0.5, 0.6) is 0 Å². The number of ether oxygens (including phenoxy) is 2. The molecule has 2 atom stereocenters. The largest absolute Gasteiger partial charge is 0.389 e. The quantitative estimate of drug-likeness (QED) is 0.803. The molecule has 0 radical (unpaired) electrons. The summed E-state index contributed by atoms with van der Waals surface area (Å²) in [5.74, 6) is 0.650. The Kier molecular flexibility index (Phi) is 6.74. The number of β-amino-alcohol motifs (C(OH)–C–C–N with tert-alkyl or cyclic N) is 1. The Hall–Kier alpha value is -0.160. The minimum absolute atomic E-state index is 0.191. The molecular weight excluding hydrogens is 242 g/mol. The molecule has 1 heterocycles. The van der Waals surface area contributed by atoms with Crippen molar-refractivity contribution in [1.82, 2.24) is 4.90 Å². The van der Waals surface area contributed by atoms with Gasteiger partial charge in [-0.1, -0.05) is 13.8 Å². The predicted molar refractivity (Wildman–Crippen MR) is 77.3 cm³/mol. The van der Waals surface area contributed by atoms with Crippen LogP contribution in [0, 0.1) is 5.92 Å². The van der Waals surface area contributed by atoms with Crippen molar-refractivity contribution < 1.29 is 14.6 Å². The van der Waals surface area contributed by atoms with Crippen LogP contribution in [0.2, 0.25) is 0 Å². The van der Waals surface area contributed by atoms with Crippen LogP contribution in [0.4, 0.5) is 0 Å². The highest BCUT2D eigenvalue weighted by molar-refractivity contribution is 4.78. The first kappa shape index (κ1) is 16.9. The zero-order valence-electron chi connectivity index (χ0n) is 13.2. The molecule has 4 nitrogen and oxygen atoms in total. The molecule has 1 fully saturated rings. The van der Waals surface area contributed by atoms with E-state index in [1.54, 1.807) is 0 Å². The summed E-state index contributed by atoms with van der Waals surface area (Å²) in [5, 5.41) is 10.1. The highest BCUT2D eigenvalue weighted by Crippen LogP contribution is 2.16. The van der Waals surface area contributed by atoms with Crippen molar-refractivity contribution in [2.45, 2.75) is 58.8 Å². The van der Waals surface area contributed by atoms with Gasteiger partial charge in [-0.15, -0.1) is 0 Å². The topological polar surface area (TPSA) is 41.9 Å². The van der Waals surface area contributed by atoms with Crippen LogP contribution in [0.1, 0.15) is 41.0 Å². The number of morpholine rings is 1. The fourth-order valence-corrected chi connectivity index (χ4v) is 2.36. The zero-order chi connectivity index (χ0) is 14.5. The van der Waals surface area contributed by atoms with Gasteiger partial charge in [0.05, 0.1) is 31.5 Å². The van der Waals surface area contributed by atoms with Crippen molar-refractivity contribution in [1.29, 1.82) is 0 Å². The van der Waals surface area contributed by atoms with E-state index < -0.39 is 6.10 Å². The second kappa shape index (κ2) is 7.58. The fourth-order valence-electron chi connectivity index (χ4n) is 2.36. The Bertz CT molecular complexity index is 250. The van der Waals surface area contributed by atoms with E-state index in [0.29, 0.717) is 25.1 Å². The van der Waals surface area contributed by atoms with Crippen LogP contribution >= 0.6 is 0 Å². The zero-order valence-corrected chi connectivity index (χ0v) is 13.2. The molecule has 1 N–H and O–H groups in total. The lowest BCUT2D eigenvalue weighted by molar-refractivity contribution is -0.0758. The normalized spacial score (nSPS) is 23.8. The van der Waals surface area contributed by atoms with Gasteiger partial charge in [0.25, 0.3) is 0 Å². The lowest BCUT2D eigenvalue weighted by atomic mass is 10.0. The third kappa shape index (κ3) is 7.25. The molecule has 0 aromatic carbocycles. The first-order valence-electron chi connectivity index (χ1n) is 7.41. The number of nitrogens with zero attached hydrogens (tertiary/aromatic N) is 1. The van der Waals surface area contributed by atoms with E-state index in [2.05, 4.69) is 18.7 Å². The molecule has 114 valence electrons. The lowest BCUT2D eigenvalue weighted by Gasteiger charge is -2.37. The number of aliphatic hydroxyl groups is 1. The molecule has 1 aliphatic heterocycles. The SMILES string of the molecule is CC(C)CC1COCCN1CC(O)COC(C)(C)C. The highest BCUT2D eigenvalue weighted by Gasteiger charge is 2.26. The van der Waals surface area contributed by atoms with Gasteiger partial charge >= 0.3 is 0 Å². The van der Waals surface area contributed by atoms with E-state index in [1.807, 2.05) is 20.8 Å². The summed E-state index contributed by atoms with van der Waals surface area (Å²) >= 11 is 0. The maximum Gasteiger partial charge on any atom is 0.0900 e. The molecule has 0 aromatic heterocycles. The molecule has 0 saturated carbocycles. The smallest absolute Gasteiger partial charge is 0.0900 e. The first-order chi connectivity index (χ1) is 8.78. The van der Waals surface area contributed by atoms with Crippen LogP contribution in [0.25, 0.3) is 0 Å². The second-order valence-electron chi connectivity index (χ2n) is 6.93. The summed E-state index contributed by atoms with van der Waals surface area (Å²) in [6.07, 6.45) is 0.694. The Balaban J connectivity index is 2.39. The molecule has 1 aliphatic rings. The summed E-state index contributed by atoms with van der Waals surface area (Å²) in [6, 6.07) is 0.429. The maximum absolute atomic E-state index is 10.1. The summed E-state index contributed by atoms with van der Waals surface area (Å²) < 4.78 is 11.2. The van der Waals surface area contributed by atoms with Gasteiger partial charge in [0, 0.05) is 19.1 Å². The van der Waals surface area contributed by atoms with Gasteiger partial charge in [-0.25, -0.2) is 0 Å². The van der Waals surface area contributed by atoms with E-state index in [0.717, 1.165) is 26.2 Å². The molecule has 2 unspecified atom stereocenters. The molecule has 19 heavy (non-hydrogen) atoms. The summed E-state index contributed by atoms with van der Waals surface area (Å²) in [6.45, 7) is 14.0. The van der Waals surface area contributed by atoms with E-state index in [1.165, 1.54) is 0 Å². The van der Waals surface area contributed by atoms with Crippen molar-refractivity contribution in [2.24, 2.45) is 5.92 Å². The van der Waals surface area contributed by atoms with Crippen LogP contribution in [0.3, 0.4) is 0 Å². The maximum atomic E-state index is 10.1. The average molecular weight is 273 g/mol.